The van der Waals surface area contributed by atoms with E-state index in [2.05, 4.69) is 5.32 Å². The summed E-state index contributed by atoms with van der Waals surface area (Å²) in [5.41, 5.74) is 0.768. The SMILES string of the molecule is COC(CNC(=O)Cc1cccc(Cl)c1)C(=O)O. The number of benzene rings is 1. The van der Waals surface area contributed by atoms with Gasteiger partial charge in [-0.2, -0.15) is 0 Å². The van der Waals surface area contributed by atoms with E-state index in [0.29, 0.717) is 5.02 Å². The molecule has 1 amide bonds. The third kappa shape index (κ3) is 4.73. The number of ether oxygens (including phenoxy) is 1. The topological polar surface area (TPSA) is 75.6 Å². The molecule has 18 heavy (non-hydrogen) atoms. The van der Waals surface area contributed by atoms with Gasteiger partial charge in [0.1, 0.15) is 0 Å². The number of rotatable bonds is 6. The number of aliphatic carboxylic acids is 1. The quantitative estimate of drug-likeness (QED) is 0.812. The van der Waals surface area contributed by atoms with E-state index in [1.54, 1.807) is 24.3 Å². The van der Waals surface area contributed by atoms with Gasteiger partial charge in [0.2, 0.25) is 5.91 Å². The maximum absolute atomic E-state index is 11.6. The van der Waals surface area contributed by atoms with Crippen LogP contribution in [0.5, 0.6) is 0 Å². The van der Waals surface area contributed by atoms with Gasteiger partial charge in [0, 0.05) is 12.1 Å². The first-order valence-electron chi connectivity index (χ1n) is 5.29. The van der Waals surface area contributed by atoms with Crippen molar-refractivity contribution in [3.63, 3.8) is 0 Å². The third-order valence-corrected chi connectivity index (χ3v) is 2.53. The van der Waals surface area contributed by atoms with E-state index < -0.39 is 12.1 Å². The molecule has 1 aromatic rings. The average molecular weight is 272 g/mol. The number of amides is 1. The largest absolute Gasteiger partial charge is 0.479 e. The average Bonchev–Trinajstić information content (AvgIpc) is 2.29. The molecule has 1 atom stereocenters. The van der Waals surface area contributed by atoms with Crippen LogP contribution in [0, 0.1) is 0 Å². The highest BCUT2D eigenvalue weighted by Crippen LogP contribution is 2.10. The Kier molecular flexibility index (Phi) is 5.61. The predicted octanol–water partition coefficient (Wildman–Crippen LogP) is 1.10. The van der Waals surface area contributed by atoms with Gasteiger partial charge in [-0.05, 0) is 17.7 Å². The molecule has 0 aliphatic heterocycles. The van der Waals surface area contributed by atoms with Crippen molar-refractivity contribution in [1.82, 2.24) is 5.32 Å². The van der Waals surface area contributed by atoms with Crippen LogP contribution in [-0.2, 0) is 20.7 Å². The minimum Gasteiger partial charge on any atom is -0.479 e. The molecule has 0 saturated carbocycles. The van der Waals surface area contributed by atoms with Crippen LogP contribution in [0.1, 0.15) is 5.56 Å². The lowest BCUT2D eigenvalue weighted by Gasteiger charge is -2.11. The van der Waals surface area contributed by atoms with Crippen LogP contribution in [-0.4, -0.2) is 36.7 Å². The Morgan fingerprint density at radius 3 is 2.78 bits per heavy atom. The lowest BCUT2D eigenvalue weighted by Crippen LogP contribution is -2.38. The second-order valence-corrected chi connectivity index (χ2v) is 4.11. The fourth-order valence-electron chi connectivity index (χ4n) is 1.37. The van der Waals surface area contributed by atoms with E-state index in [0.717, 1.165) is 5.56 Å². The molecule has 1 unspecified atom stereocenters. The molecule has 0 spiro atoms. The van der Waals surface area contributed by atoms with Gasteiger partial charge in [-0.3, -0.25) is 4.79 Å². The zero-order valence-electron chi connectivity index (χ0n) is 9.85. The van der Waals surface area contributed by atoms with Crippen molar-refractivity contribution in [2.24, 2.45) is 0 Å². The summed E-state index contributed by atoms with van der Waals surface area (Å²) in [5.74, 6) is -1.39. The van der Waals surface area contributed by atoms with Gasteiger partial charge in [-0.15, -0.1) is 0 Å². The molecular formula is C12H14ClNO4. The summed E-state index contributed by atoms with van der Waals surface area (Å²) in [5, 5.41) is 11.8. The molecule has 0 aliphatic carbocycles. The van der Waals surface area contributed by atoms with Gasteiger partial charge in [0.15, 0.2) is 6.10 Å². The minimum atomic E-state index is -1.11. The summed E-state index contributed by atoms with van der Waals surface area (Å²) in [6.45, 7) is -0.0643. The number of hydrogen-bond donors (Lipinski definition) is 2. The van der Waals surface area contributed by atoms with Gasteiger partial charge in [0.25, 0.3) is 0 Å². The van der Waals surface area contributed by atoms with Gasteiger partial charge in [0.05, 0.1) is 13.0 Å². The third-order valence-electron chi connectivity index (χ3n) is 2.30. The number of halogens is 1. The molecule has 1 rings (SSSR count). The highest BCUT2D eigenvalue weighted by molar-refractivity contribution is 6.30. The molecule has 6 heteroatoms. The number of nitrogens with one attached hydrogen (secondary N) is 1. The summed E-state index contributed by atoms with van der Waals surface area (Å²) in [4.78, 5) is 22.2. The lowest BCUT2D eigenvalue weighted by atomic mass is 10.1. The van der Waals surface area contributed by atoms with E-state index in [1.165, 1.54) is 7.11 Å². The Bertz CT molecular complexity index is 436. The summed E-state index contributed by atoms with van der Waals surface area (Å²) in [6.07, 6.45) is -0.885. The molecule has 0 fully saturated rings. The predicted molar refractivity (Wildman–Crippen MR) is 66.6 cm³/mol. The first-order chi connectivity index (χ1) is 8.52. The molecule has 0 aromatic heterocycles. The van der Waals surface area contributed by atoms with Crippen LogP contribution in [0.4, 0.5) is 0 Å². The van der Waals surface area contributed by atoms with E-state index in [9.17, 15) is 9.59 Å². The molecule has 0 bridgehead atoms. The molecule has 0 radical (unpaired) electrons. The fraction of sp³-hybridized carbons (Fsp3) is 0.333. The van der Waals surface area contributed by atoms with Gasteiger partial charge in [-0.1, -0.05) is 23.7 Å². The molecule has 98 valence electrons. The molecule has 0 saturated heterocycles. The molecule has 2 N–H and O–H groups in total. The van der Waals surface area contributed by atoms with Crippen LogP contribution in [0.2, 0.25) is 5.02 Å². The van der Waals surface area contributed by atoms with Gasteiger partial charge < -0.3 is 15.2 Å². The normalized spacial score (nSPS) is 11.9. The molecular weight excluding hydrogens is 258 g/mol. The summed E-state index contributed by atoms with van der Waals surface area (Å²) < 4.78 is 4.70. The first-order valence-corrected chi connectivity index (χ1v) is 5.67. The summed E-state index contributed by atoms with van der Waals surface area (Å²) in [6, 6.07) is 6.93. The zero-order chi connectivity index (χ0) is 13.5. The van der Waals surface area contributed by atoms with Crippen LogP contribution in [0.15, 0.2) is 24.3 Å². The second-order valence-electron chi connectivity index (χ2n) is 3.67. The van der Waals surface area contributed by atoms with Gasteiger partial charge >= 0.3 is 5.97 Å². The Balaban J connectivity index is 2.45. The first kappa shape index (κ1) is 14.5. The van der Waals surface area contributed by atoms with Crippen LogP contribution >= 0.6 is 11.6 Å². The summed E-state index contributed by atoms with van der Waals surface area (Å²) in [7, 11) is 1.28. The number of carbonyl (C=O) groups excluding carboxylic acids is 1. The van der Waals surface area contributed by atoms with E-state index in [4.69, 9.17) is 21.4 Å². The maximum Gasteiger partial charge on any atom is 0.334 e. The Labute approximate surface area is 110 Å². The van der Waals surface area contributed by atoms with Crippen molar-refractivity contribution in [2.75, 3.05) is 13.7 Å². The van der Waals surface area contributed by atoms with Gasteiger partial charge in [-0.25, -0.2) is 4.79 Å². The van der Waals surface area contributed by atoms with Crippen molar-refractivity contribution in [3.05, 3.63) is 34.9 Å². The van der Waals surface area contributed by atoms with Crippen molar-refractivity contribution in [1.29, 1.82) is 0 Å². The maximum atomic E-state index is 11.6. The van der Waals surface area contributed by atoms with E-state index >= 15 is 0 Å². The van der Waals surface area contributed by atoms with Crippen molar-refractivity contribution in [2.45, 2.75) is 12.5 Å². The Morgan fingerprint density at radius 1 is 1.50 bits per heavy atom. The molecule has 1 aromatic carbocycles. The standard InChI is InChI=1S/C12H14ClNO4/c1-18-10(12(16)17)7-14-11(15)6-8-3-2-4-9(13)5-8/h2-5,10H,6-7H2,1H3,(H,14,15)(H,16,17). The highest BCUT2D eigenvalue weighted by Gasteiger charge is 2.17. The molecule has 0 heterocycles. The lowest BCUT2D eigenvalue weighted by molar-refractivity contribution is -0.148. The van der Waals surface area contributed by atoms with Crippen molar-refractivity contribution < 1.29 is 19.4 Å². The smallest absolute Gasteiger partial charge is 0.334 e. The number of hydrogen-bond acceptors (Lipinski definition) is 3. The van der Waals surface area contributed by atoms with Crippen LogP contribution in [0.3, 0.4) is 0 Å². The van der Waals surface area contributed by atoms with E-state index in [-0.39, 0.29) is 18.9 Å². The van der Waals surface area contributed by atoms with E-state index in [1.807, 2.05) is 0 Å². The zero-order valence-corrected chi connectivity index (χ0v) is 10.6. The monoisotopic (exact) mass is 271 g/mol. The van der Waals surface area contributed by atoms with Crippen molar-refractivity contribution >= 4 is 23.5 Å². The Hall–Kier alpha value is -1.59. The van der Waals surface area contributed by atoms with Crippen LogP contribution in [0.25, 0.3) is 0 Å². The summed E-state index contributed by atoms with van der Waals surface area (Å²) >= 11 is 5.79. The number of methoxy groups -OCH3 is 1. The Morgan fingerprint density at radius 2 is 2.22 bits per heavy atom. The highest BCUT2D eigenvalue weighted by atomic mass is 35.5. The van der Waals surface area contributed by atoms with Crippen LogP contribution < -0.4 is 5.32 Å². The number of carboxylic acids is 1. The number of carbonyl (C=O) groups is 2. The molecule has 5 nitrogen and oxygen atoms in total. The van der Waals surface area contributed by atoms with Crippen molar-refractivity contribution in [3.8, 4) is 0 Å². The number of carboxylic acid groups (broad SMARTS) is 1. The molecule has 0 aliphatic rings. The second kappa shape index (κ2) is 6.98. The minimum absolute atomic E-state index is 0.0643. The fourth-order valence-corrected chi connectivity index (χ4v) is 1.59.